The zero-order chi connectivity index (χ0) is 41.9. The van der Waals surface area contributed by atoms with Crippen LogP contribution in [0.25, 0.3) is 0 Å². The SMILES string of the molecule is CC1(C)OC[C@@H]2O[C@@H](OC[C@H]3O[C@@H](OCc4ccccc4)[C@H](OCc4ccccc4)[C@@H](OCc4ccccc4)[C@@H]3OCc3ccccc3)[C@H](O)[C@@H](OCc3ccccc3)[C@@H]2O1. The van der Waals surface area contributed by atoms with Crippen LogP contribution in [0.3, 0.4) is 0 Å². The summed E-state index contributed by atoms with van der Waals surface area (Å²) in [6.45, 7) is 5.20. The minimum Gasteiger partial charge on any atom is -0.385 e. The van der Waals surface area contributed by atoms with Gasteiger partial charge in [-0.3, -0.25) is 0 Å². The zero-order valence-electron chi connectivity index (χ0n) is 34.7. The molecule has 3 saturated heterocycles. The molecule has 3 aliphatic heterocycles. The first-order chi connectivity index (χ1) is 29.9. The van der Waals surface area contributed by atoms with Crippen LogP contribution in [0.2, 0.25) is 0 Å². The Morgan fingerprint density at radius 3 is 1.36 bits per heavy atom. The summed E-state index contributed by atoms with van der Waals surface area (Å²) in [4.78, 5) is 0. The largest absolute Gasteiger partial charge is 0.385 e. The Morgan fingerprint density at radius 2 is 0.885 bits per heavy atom. The highest BCUT2D eigenvalue weighted by Gasteiger charge is 2.54. The molecule has 11 heteroatoms. The van der Waals surface area contributed by atoms with Gasteiger partial charge >= 0.3 is 0 Å². The highest BCUT2D eigenvalue weighted by molar-refractivity contribution is 5.17. The molecule has 322 valence electrons. The lowest BCUT2D eigenvalue weighted by molar-refractivity contribution is -0.391. The molecular formula is C50H56O11. The van der Waals surface area contributed by atoms with Gasteiger partial charge in [0, 0.05) is 0 Å². The van der Waals surface area contributed by atoms with Crippen molar-refractivity contribution in [3.05, 3.63) is 179 Å². The third-order valence-corrected chi connectivity index (χ3v) is 11.0. The number of fused-ring (bicyclic) bond motifs is 1. The topological polar surface area (TPSA) is 113 Å². The fourth-order valence-electron chi connectivity index (χ4n) is 7.87. The Labute approximate surface area is 358 Å². The maximum atomic E-state index is 12.0. The monoisotopic (exact) mass is 832 g/mol. The van der Waals surface area contributed by atoms with E-state index in [1.807, 2.05) is 166 Å². The van der Waals surface area contributed by atoms with Crippen LogP contribution in [0.5, 0.6) is 0 Å². The van der Waals surface area contributed by atoms with Crippen molar-refractivity contribution in [3.63, 3.8) is 0 Å². The maximum Gasteiger partial charge on any atom is 0.187 e. The summed E-state index contributed by atoms with van der Waals surface area (Å²) in [7, 11) is 0. The molecule has 8 rings (SSSR count). The first kappa shape index (κ1) is 43.3. The minimum absolute atomic E-state index is 0.0566. The lowest BCUT2D eigenvalue weighted by Gasteiger charge is -2.50. The van der Waals surface area contributed by atoms with Crippen molar-refractivity contribution in [2.45, 2.75) is 114 Å². The van der Waals surface area contributed by atoms with E-state index in [4.69, 9.17) is 47.4 Å². The fourth-order valence-corrected chi connectivity index (χ4v) is 7.87. The van der Waals surface area contributed by atoms with E-state index in [-0.39, 0.29) is 46.2 Å². The van der Waals surface area contributed by atoms with E-state index < -0.39 is 67.2 Å². The Bertz CT molecular complexity index is 2010. The highest BCUT2D eigenvalue weighted by Crippen LogP contribution is 2.36. The summed E-state index contributed by atoms with van der Waals surface area (Å²) in [6.07, 6.45) is -8.11. The third kappa shape index (κ3) is 11.8. The number of hydrogen-bond donors (Lipinski definition) is 1. The van der Waals surface area contributed by atoms with Crippen LogP contribution in [-0.4, -0.2) is 85.5 Å². The first-order valence-electron chi connectivity index (χ1n) is 21.1. The Hall–Kier alpha value is -4.34. The molecule has 0 saturated carbocycles. The molecule has 0 radical (unpaired) electrons. The molecule has 61 heavy (non-hydrogen) atoms. The van der Waals surface area contributed by atoms with Crippen molar-refractivity contribution in [2.75, 3.05) is 13.2 Å². The van der Waals surface area contributed by atoms with Gasteiger partial charge in [-0.05, 0) is 41.7 Å². The lowest BCUT2D eigenvalue weighted by atomic mass is 9.96. The standard InChI is InChI=1S/C50H56O11/c1-50(2)58-34-41-44(61-50)45(53-29-36-20-10-4-11-21-36)42(51)48(59-41)57-33-40-43(52-28-35-18-8-3-9-19-35)46(54-30-37-22-12-5-13-23-37)47(55-31-38-24-14-6-15-25-38)49(60-40)56-32-39-26-16-7-17-27-39/h3-27,40-49,51H,28-34H2,1-2H3/t40-,41+,42-,43-,44-,45-,46+,47-,48-,49-/m1/s1. The normalized spacial score (nSPS) is 28.5. The van der Waals surface area contributed by atoms with Crippen LogP contribution >= 0.6 is 0 Å². The smallest absolute Gasteiger partial charge is 0.187 e. The molecule has 0 spiro atoms. The van der Waals surface area contributed by atoms with Gasteiger partial charge in [-0.1, -0.05) is 152 Å². The van der Waals surface area contributed by atoms with E-state index in [0.29, 0.717) is 0 Å². The third-order valence-electron chi connectivity index (χ3n) is 11.0. The average Bonchev–Trinajstić information content (AvgIpc) is 3.30. The van der Waals surface area contributed by atoms with Gasteiger partial charge in [-0.15, -0.1) is 0 Å². The van der Waals surface area contributed by atoms with E-state index in [1.165, 1.54) is 0 Å². The maximum absolute atomic E-state index is 12.0. The Morgan fingerprint density at radius 1 is 0.475 bits per heavy atom. The second-order valence-electron chi connectivity index (χ2n) is 16.0. The molecule has 5 aromatic rings. The molecule has 1 N–H and O–H groups in total. The molecule has 0 aromatic heterocycles. The molecule has 10 atom stereocenters. The highest BCUT2D eigenvalue weighted by atomic mass is 16.8. The minimum atomic E-state index is -1.22. The number of ether oxygens (including phenoxy) is 10. The van der Waals surface area contributed by atoms with Gasteiger partial charge in [0.05, 0.1) is 46.2 Å². The van der Waals surface area contributed by atoms with Gasteiger partial charge in [-0.25, -0.2) is 0 Å². The molecule has 3 fully saturated rings. The van der Waals surface area contributed by atoms with Gasteiger partial charge in [0.15, 0.2) is 18.4 Å². The van der Waals surface area contributed by atoms with E-state index in [1.54, 1.807) is 0 Å². The average molecular weight is 833 g/mol. The molecule has 0 unspecified atom stereocenters. The molecule has 3 aliphatic rings. The van der Waals surface area contributed by atoms with E-state index in [2.05, 4.69) is 0 Å². The van der Waals surface area contributed by atoms with Crippen molar-refractivity contribution >= 4 is 0 Å². The van der Waals surface area contributed by atoms with Crippen LogP contribution in [0, 0.1) is 0 Å². The number of benzene rings is 5. The van der Waals surface area contributed by atoms with Crippen LogP contribution in [0.4, 0.5) is 0 Å². The fraction of sp³-hybridized carbons (Fsp3) is 0.400. The Balaban J connectivity index is 1.08. The number of aliphatic hydroxyl groups excluding tert-OH is 1. The van der Waals surface area contributed by atoms with Crippen LogP contribution in [0.15, 0.2) is 152 Å². The summed E-state index contributed by atoms with van der Waals surface area (Å²) in [5.74, 6) is -0.895. The molecule has 0 amide bonds. The molecule has 3 heterocycles. The first-order valence-corrected chi connectivity index (χ1v) is 21.1. The van der Waals surface area contributed by atoms with Crippen LogP contribution < -0.4 is 0 Å². The van der Waals surface area contributed by atoms with Crippen LogP contribution in [-0.2, 0) is 80.4 Å². The molecule has 5 aromatic carbocycles. The Kier molecular flexibility index (Phi) is 15.0. The van der Waals surface area contributed by atoms with Crippen molar-refractivity contribution in [2.24, 2.45) is 0 Å². The summed E-state index contributed by atoms with van der Waals surface area (Å²) >= 11 is 0. The summed E-state index contributed by atoms with van der Waals surface area (Å²) in [6, 6.07) is 49.6. The predicted octanol–water partition coefficient (Wildman–Crippen LogP) is 7.52. The number of hydrogen-bond acceptors (Lipinski definition) is 11. The molecule has 0 bridgehead atoms. The summed E-state index contributed by atoms with van der Waals surface area (Å²) in [5.41, 5.74) is 4.89. The molecular weight excluding hydrogens is 777 g/mol. The zero-order valence-corrected chi connectivity index (χ0v) is 34.7. The second-order valence-corrected chi connectivity index (χ2v) is 16.0. The van der Waals surface area contributed by atoms with Gasteiger partial charge in [0.2, 0.25) is 0 Å². The number of aliphatic hydroxyl groups is 1. The van der Waals surface area contributed by atoms with Gasteiger partial charge in [-0.2, -0.15) is 0 Å². The van der Waals surface area contributed by atoms with E-state index >= 15 is 0 Å². The number of rotatable bonds is 18. The van der Waals surface area contributed by atoms with Crippen molar-refractivity contribution in [1.82, 2.24) is 0 Å². The predicted molar refractivity (Wildman–Crippen MR) is 225 cm³/mol. The van der Waals surface area contributed by atoms with Crippen molar-refractivity contribution in [3.8, 4) is 0 Å². The van der Waals surface area contributed by atoms with Crippen molar-refractivity contribution < 1.29 is 52.5 Å². The van der Waals surface area contributed by atoms with E-state index in [0.717, 1.165) is 27.8 Å². The van der Waals surface area contributed by atoms with Gasteiger partial charge < -0.3 is 52.5 Å². The quantitative estimate of drug-likeness (QED) is 0.0947. The lowest BCUT2D eigenvalue weighted by Crippen LogP contribution is -2.66. The van der Waals surface area contributed by atoms with Crippen molar-refractivity contribution in [1.29, 1.82) is 0 Å². The van der Waals surface area contributed by atoms with Gasteiger partial charge in [0.1, 0.15) is 48.8 Å². The molecule has 11 nitrogen and oxygen atoms in total. The van der Waals surface area contributed by atoms with E-state index in [9.17, 15) is 5.11 Å². The van der Waals surface area contributed by atoms with Crippen LogP contribution in [0.1, 0.15) is 41.7 Å². The summed E-state index contributed by atoms with van der Waals surface area (Å²) < 4.78 is 65.7. The van der Waals surface area contributed by atoms with Gasteiger partial charge in [0.25, 0.3) is 0 Å². The second kappa shape index (κ2) is 21.2. The summed E-state index contributed by atoms with van der Waals surface area (Å²) in [5, 5.41) is 12.0. The molecule has 0 aliphatic carbocycles.